The molecule has 0 aliphatic rings. The number of rotatable bonds is 3. The van der Waals surface area contributed by atoms with Gasteiger partial charge in [0.15, 0.2) is 0 Å². The monoisotopic (exact) mass is 150 g/mol. The predicted octanol–water partition coefficient (Wildman–Crippen LogP) is 0.886. The summed E-state index contributed by atoms with van der Waals surface area (Å²) in [5, 5.41) is 1.05. The number of hydrogen-bond donors (Lipinski definition) is 0. The van der Waals surface area contributed by atoms with E-state index in [1.54, 1.807) is 0 Å². The molecule has 0 radical (unpaired) electrons. The van der Waals surface area contributed by atoms with E-state index in [1.807, 2.05) is 6.92 Å². The fourth-order valence-electron chi connectivity index (χ4n) is 0.270. The van der Waals surface area contributed by atoms with Gasteiger partial charge in [-0.15, -0.1) is 0 Å². The largest absolute Gasteiger partial charge is 0.289 e. The molecule has 0 amide bonds. The molecule has 0 rings (SSSR count). The Labute approximate surface area is 55.5 Å². The van der Waals surface area contributed by atoms with Crippen LogP contribution in [0.4, 0.5) is 0 Å². The quantitative estimate of drug-likeness (QED) is 0.561. The van der Waals surface area contributed by atoms with Gasteiger partial charge >= 0.3 is 0 Å². The lowest BCUT2D eigenvalue weighted by molar-refractivity contribution is 0.406. The molecule has 9 heavy (non-hydrogen) atoms. The van der Waals surface area contributed by atoms with Crippen molar-refractivity contribution in [3.63, 3.8) is 0 Å². The maximum absolute atomic E-state index is 10.4. The molecular formula is C5H10O3S. The maximum atomic E-state index is 10.4. The van der Waals surface area contributed by atoms with Crippen LogP contribution in [0.15, 0.2) is 11.5 Å². The van der Waals surface area contributed by atoms with Gasteiger partial charge < -0.3 is 0 Å². The fraction of sp³-hybridized carbons (Fsp3) is 0.600. The first-order valence-corrected chi connectivity index (χ1v) is 4.06. The molecule has 0 saturated heterocycles. The van der Waals surface area contributed by atoms with Crippen molar-refractivity contribution in [3.8, 4) is 0 Å². The van der Waals surface area contributed by atoms with Crippen LogP contribution in [-0.4, -0.2) is 15.5 Å². The predicted molar refractivity (Wildman–Crippen MR) is 35.4 cm³/mol. The molecule has 0 N–H and O–H groups in total. The zero-order chi connectivity index (χ0) is 7.33. The van der Waals surface area contributed by atoms with Crippen LogP contribution < -0.4 is 0 Å². The molecule has 3 nitrogen and oxygen atoms in total. The molecule has 0 aromatic carbocycles. The zero-order valence-electron chi connectivity index (χ0n) is 5.49. The van der Waals surface area contributed by atoms with Crippen LogP contribution in [0.5, 0.6) is 0 Å². The lowest BCUT2D eigenvalue weighted by atomic mass is 10.5. The van der Waals surface area contributed by atoms with Crippen molar-refractivity contribution < 1.29 is 12.6 Å². The van der Waals surface area contributed by atoms with Gasteiger partial charge in [-0.05, 0) is 6.42 Å². The summed E-state index contributed by atoms with van der Waals surface area (Å²) >= 11 is 0. The van der Waals surface area contributed by atoms with E-state index in [0.717, 1.165) is 12.5 Å². The topological polar surface area (TPSA) is 43.4 Å². The van der Waals surface area contributed by atoms with Crippen LogP contribution in [0.3, 0.4) is 0 Å². The summed E-state index contributed by atoms with van der Waals surface area (Å²) in [6.07, 6.45) is 2.22. The van der Waals surface area contributed by atoms with E-state index < -0.39 is 10.1 Å². The van der Waals surface area contributed by atoms with Gasteiger partial charge in [0.2, 0.25) is 0 Å². The summed E-state index contributed by atoms with van der Waals surface area (Å²) in [5.41, 5.74) is 0. The Morgan fingerprint density at radius 2 is 2.11 bits per heavy atom. The van der Waals surface area contributed by atoms with E-state index in [9.17, 15) is 8.42 Å². The summed E-state index contributed by atoms with van der Waals surface area (Å²) in [7, 11) is -2.23. The minimum absolute atomic E-state index is 0.697. The third-order valence-electron chi connectivity index (χ3n) is 0.731. The van der Waals surface area contributed by atoms with E-state index >= 15 is 0 Å². The Morgan fingerprint density at radius 1 is 1.56 bits per heavy atom. The molecule has 0 aromatic rings. The normalized spacial score (nSPS) is 12.7. The van der Waals surface area contributed by atoms with Crippen molar-refractivity contribution in [2.45, 2.75) is 13.3 Å². The number of allylic oxidation sites excluding steroid dienone is 1. The summed E-state index contributed by atoms with van der Waals surface area (Å²) in [4.78, 5) is 0. The first-order valence-electron chi connectivity index (χ1n) is 2.59. The van der Waals surface area contributed by atoms with Gasteiger partial charge in [-0.3, -0.25) is 4.18 Å². The average Bonchev–Trinajstić information content (AvgIpc) is 1.84. The van der Waals surface area contributed by atoms with Gasteiger partial charge in [-0.2, -0.15) is 8.42 Å². The van der Waals surface area contributed by atoms with Crippen LogP contribution in [-0.2, 0) is 14.3 Å². The van der Waals surface area contributed by atoms with E-state index in [-0.39, 0.29) is 0 Å². The van der Waals surface area contributed by atoms with Crippen LogP contribution in [0, 0.1) is 0 Å². The summed E-state index contributed by atoms with van der Waals surface area (Å²) in [5.74, 6) is 0. The Bertz CT molecular complexity index is 178. The van der Waals surface area contributed by atoms with Crippen LogP contribution in [0.1, 0.15) is 13.3 Å². The van der Waals surface area contributed by atoms with Crippen LogP contribution in [0.2, 0.25) is 0 Å². The molecule has 0 heterocycles. The lowest BCUT2D eigenvalue weighted by Crippen LogP contribution is -1.95. The zero-order valence-corrected chi connectivity index (χ0v) is 6.31. The van der Waals surface area contributed by atoms with E-state index in [1.165, 1.54) is 6.08 Å². The Balaban J connectivity index is 4.04. The van der Waals surface area contributed by atoms with Crippen LogP contribution in [0.25, 0.3) is 0 Å². The molecule has 4 heteroatoms. The molecule has 0 unspecified atom stereocenters. The van der Waals surface area contributed by atoms with Gasteiger partial charge in [-0.25, -0.2) is 0 Å². The van der Waals surface area contributed by atoms with Crippen molar-refractivity contribution in [1.29, 1.82) is 0 Å². The van der Waals surface area contributed by atoms with Gasteiger partial charge in [0, 0.05) is 0 Å². The van der Waals surface area contributed by atoms with E-state index in [4.69, 9.17) is 0 Å². The van der Waals surface area contributed by atoms with Gasteiger partial charge in [0.1, 0.15) is 0 Å². The SMILES string of the molecule is CC/C=C/S(=O)(=O)OC. The fourth-order valence-corrected chi connectivity index (χ4v) is 0.809. The Kier molecular flexibility index (Phi) is 3.49. The summed E-state index contributed by atoms with van der Waals surface area (Å²) in [6.45, 7) is 1.85. The standard InChI is InChI=1S/C5H10O3S/c1-3-4-5-9(6,7)8-2/h4-5H,3H2,1-2H3/b5-4+. The third-order valence-corrected chi connectivity index (χ3v) is 1.72. The minimum Gasteiger partial charge on any atom is -0.270 e. The first kappa shape index (κ1) is 8.65. The molecule has 0 aliphatic carbocycles. The van der Waals surface area contributed by atoms with Gasteiger partial charge in [0.05, 0.1) is 12.5 Å². The highest BCUT2D eigenvalue weighted by atomic mass is 32.2. The van der Waals surface area contributed by atoms with Gasteiger partial charge in [0.25, 0.3) is 10.1 Å². The van der Waals surface area contributed by atoms with Crippen LogP contribution >= 0.6 is 0 Å². The van der Waals surface area contributed by atoms with Crippen molar-refractivity contribution in [3.05, 3.63) is 11.5 Å². The molecule has 0 spiro atoms. The highest BCUT2D eigenvalue weighted by molar-refractivity contribution is 7.89. The lowest BCUT2D eigenvalue weighted by Gasteiger charge is -1.89. The van der Waals surface area contributed by atoms with E-state index in [0.29, 0.717) is 6.42 Å². The highest BCUT2D eigenvalue weighted by Gasteiger charge is 1.98. The van der Waals surface area contributed by atoms with Crippen molar-refractivity contribution >= 4 is 10.1 Å². The molecule has 0 fully saturated rings. The summed E-state index contributed by atoms with van der Waals surface area (Å²) < 4.78 is 25.0. The second kappa shape index (κ2) is 3.63. The second-order valence-electron chi connectivity index (χ2n) is 1.44. The number of hydrogen-bond acceptors (Lipinski definition) is 3. The molecule has 0 saturated carbocycles. The molecule has 0 aromatic heterocycles. The third kappa shape index (κ3) is 4.17. The maximum Gasteiger partial charge on any atom is 0.289 e. The van der Waals surface area contributed by atoms with E-state index in [2.05, 4.69) is 4.18 Å². The molecular weight excluding hydrogens is 140 g/mol. The average molecular weight is 150 g/mol. The molecule has 54 valence electrons. The Hall–Kier alpha value is -0.350. The smallest absolute Gasteiger partial charge is 0.270 e. The van der Waals surface area contributed by atoms with Crippen molar-refractivity contribution in [1.82, 2.24) is 0 Å². The second-order valence-corrected chi connectivity index (χ2v) is 3.03. The molecule has 0 aliphatic heterocycles. The molecule has 0 bridgehead atoms. The Morgan fingerprint density at radius 3 is 2.44 bits per heavy atom. The summed E-state index contributed by atoms with van der Waals surface area (Å²) in [6, 6.07) is 0. The minimum atomic E-state index is -3.36. The molecule has 0 atom stereocenters. The van der Waals surface area contributed by atoms with Crippen molar-refractivity contribution in [2.24, 2.45) is 0 Å². The highest BCUT2D eigenvalue weighted by Crippen LogP contribution is 1.92. The first-order chi connectivity index (χ1) is 4.12. The van der Waals surface area contributed by atoms with Crippen molar-refractivity contribution in [2.75, 3.05) is 7.11 Å². The van der Waals surface area contributed by atoms with Gasteiger partial charge in [-0.1, -0.05) is 13.0 Å².